The molecule has 0 saturated carbocycles. The van der Waals surface area contributed by atoms with Crippen LogP contribution in [0, 0.1) is 0 Å². The van der Waals surface area contributed by atoms with Gasteiger partial charge < -0.3 is 15.4 Å². The maximum Gasteiger partial charge on any atom is 0.0902 e. The van der Waals surface area contributed by atoms with Crippen LogP contribution in [0.1, 0.15) is 12.5 Å². The van der Waals surface area contributed by atoms with Gasteiger partial charge in [-0.25, -0.2) is 0 Å². The van der Waals surface area contributed by atoms with Crippen LogP contribution in [-0.2, 0) is 11.3 Å². The largest absolute Gasteiger partial charge is 0.371 e. The van der Waals surface area contributed by atoms with Gasteiger partial charge in [-0.2, -0.15) is 11.3 Å². The number of thiophene rings is 1. The van der Waals surface area contributed by atoms with E-state index in [-0.39, 0.29) is 5.60 Å². The summed E-state index contributed by atoms with van der Waals surface area (Å²) >= 11 is 1.74. The van der Waals surface area contributed by atoms with E-state index in [2.05, 4.69) is 34.4 Å². The molecule has 4 heteroatoms. The van der Waals surface area contributed by atoms with Crippen molar-refractivity contribution in [1.29, 1.82) is 0 Å². The van der Waals surface area contributed by atoms with Gasteiger partial charge in [0.05, 0.1) is 12.2 Å². The zero-order valence-corrected chi connectivity index (χ0v) is 9.90. The number of rotatable bonds is 6. The van der Waals surface area contributed by atoms with E-state index in [0.29, 0.717) is 0 Å². The minimum atomic E-state index is 0.0874. The number of hydrogen-bond donors (Lipinski definition) is 2. The molecular formula is C11H18N2OS. The van der Waals surface area contributed by atoms with Crippen molar-refractivity contribution < 1.29 is 4.74 Å². The van der Waals surface area contributed by atoms with Crippen LogP contribution >= 0.6 is 11.3 Å². The van der Waals surface area contributed by atoms with Gasteiger partial charge >= 0.3 is 0 Å². The summed E-state index contributed by atoms with van der Waals surface area (Å²) in [5, 5.41) is 10.9. The van der Waals surface area contributed by atoms with Crippen molar-refractivity contribution in [2.24, 2.45) is 0 Å². The maximum atomic E-state index is 5.76. The lowest BCUT2D eigenvalue weighted by molar-refractivity contribution is -0.0648. The first-order chi connectivity index (χ1) is 7.29. The van der Waals surface area contributed by atoms with E-state index in [9.17, 15) is 0 Å². The molecule has 2 N–H and O–H groups in total. The van der Waals surface area contributed by atoms with E-state index >= 15 is 0 Å². The summed E-state index contributed by atoms with van der Waals surface area (Å²) < 4.78 is 5.76. The van der Waals surface area contributed by atoms with Crippen molar-refractivity contribution in [3.05, 3.63) is 22.4 Å². The predicted molar refractivity (Wildman–Crippen MR) is 63.3 cm³/mol. The van der Waals surface area contributed by atoms with Crippen molar-refractivity contribution >= 4 is 11.3 Å². The molecule has 0 bridgehead atoms. The highest BCUT2D eigenvalue weighted by molar-refractivity contribution is 7.07. The smallest absolute Gasteiger partial charge is 0.0902 e. The van der Waals surface area contributed by atoms with E-state index in [4.69, 9.17) is 4.74 Å². The summed E-state index contributed by atoms with van der Waals surface area (Å²) in [6.45, 7) is 6.78. The lowest BCUT2D eigenvalue weighted by atomic mass is 10.0. The monoisotopic (exact) mass is 226 g/mol. The van der Waals surface area contributed by atoms with Crippen molar-refractivity contribution in [3.63, 3.8) is 0 Å². The molecule has 0 aliphatic carbocycles. The van der Waals surface area contributed by atoms with Gasteiger partial charge in [0.25, 0.3) is 0 Å². The first-order valence-electron chi connectivity index (χ1n) is 5.35. The van der Waals surface area contributed by atoms with Crippen molar-refractivity contribution in [3.8, 4) is 0 Å². The molecule has 1 aliphatic heterocycles. The van der Waals surface area contributed by atoms with Gasteiger partial charge in [0.1, 0.15) is 0 Å². The van der Waals surface area contributed by atoms with E-state index in [1.807, 2.05) is 0 Å². The fourth-order valence-electron chi connectivity index (χ4n) is 1.57. The van der Waals surface area contributed by atoms with E-state index < -0.39 is 0 Å². The molecule has 2 rings (SSSR count). The fraction of sp³-hybridized carbons (Fsp3) is 0.636. The lowest BCUT2D eigenvalue weighted by Gasteiger charge is -2.39. The third kappa shape index (κ3) is 3.28. The molecule has 0 unspecified atom stereocenters. The second-order valence-electron chi connectivity index (χ2n) is 4.21. The molecule has 1 aromatic heterocycles. The van der Waals surface area contributed by atoms with Crippen molar-refractivity contribution in [2.75, 3.05) is 26.2 Å². The Labute approximate surface area is 94.8 Å². The predicted octanol–water partition coefficient (Wildman–Crippen LogP) is 1.22. The highest BCUT2D eigenvalue weighted by atomic mass is 32.1. The number of ether oxygens (including phenoxy) is 1. The molecule has 0 atom stereocenters. The van der Waals surface area contributed by atoms with E-state index in [1.54, 1.807) is 11.3 Å². The Morgan fingerprint density at radius 3 is 3.07 bits per heavy atom. The summed E-state index contributed by atoms with van der Waals surface area (Å²) in [5.41, 5.74) is 1.45. The zero-order valence-electron chi connectivity index (χ0n) is 9.08. The van der Waals surface area contributed by atoms with E-state index in [0.717, 1.165) is 32.8 Å². The molecule has 0 aromatic carbocycles. The van der Waals surface area contributed by atoms with Gasteiger partial charge in [-0.15, -0.1) is 0 Å². The Morgan fingerprint density at radius 1 is 1.60 bits per heavy atom. The Kier molecular flexibility index (Phi) is 3.75. The van der Waals surface area contributed by atoms with Crippen molar-refractivity contribution in [2.45, 2.75) is 19.1 Å². The van der Waals surface area contributed by atoms with Crippen LogP contribution in [0.15, 0.2) is 16.8 Å². The zero-order chi connectivity index (χ0) is 10.6. The summed E-state index contributed by atoms with van der Waals surface area (Å²) in [4.78, 5) is 0. The summed E-state index contributed by atoms with van der Waals surface area (Å²) in [6.07, 6.45) is 0. The molecule has 0 spiro atoms. The topological polar surface area (TPSA) is 33.3 Å². The molecule has 0 amide bonds. The van der Waals surface area contributed by atoms with Gasteiger partial charge in [-0.1, -0.05) is 0 Å². The molecule has 1 saturated heterocycles. The van der Waals surface area contributed by atoms with Crippen LogP contribution in [-0.4, -0.2) is 31.8 Å². The van der Waals surface area contributed by atoms with Crippen LogP contribution < -0.4 is 10.6 Å². The van der Waals surface area contributed by atoms with Crippen LogP contribution in [0.25, 0.3) is 0 Å². The minimum absolute atomic E-state index is 0.0874. The number of hydrogen-bond acceptors (Lipinski definition) is 4. The van der Waals surface area contributed by atoms with Gasteiger partial charge in [-0.05, 0) is 29.3 Å². The van der Waals surface area contributed by atoms with Crippen LogP contribution in [0.4, 0.5) is 0 Å². The standard InChI is InChI=1S/C11H18N2OS/c1-11(8-13-9-11)14-4-3-12-6-10-2-5-15-7-10/h2,5,7,12-13H,3-4,6,8-9H2,1H3. The molecule has 1 aromatic rings. The molecule has 15 heavy (non-hydrogen) atoms. The summed E-state index contributed by atoms with van der Waals surface area (Å²) in [5.74, 6) is 0. The second-order valence-corrected chi connectivity index (χ2v) is 4.99. The Balaban J connectivity index is 1.52. The third-order valence-corrected chi connectivity index (χ3v) is 3.37. The lowest BCUT2D eigenvalue weighted by Crippen LogP contribution is -2.59. The van der Waals surface area contributed by atoms with E-state index in [1.165, 1.54) is 5.56 Å². The maximum absolute atomic E-state index is 5.76. The molecule has 1 aliphatic rings. The molecule has 2 heterocycles. The first kappa shape index (κ1) is 11.1. The van der Waals surface area contributed by atoms with Gasteiger partial charge in [-0.3, -0.25) is 0 Å². The summed E-state index contributed by atoms with van der Waals surface area (Å²) in [6, 6.07) is 2.15. The van der Waals surface area contributed by atoms with Crippen LogP contribution in [0.5, 0.6) is 0 Å². The Morgan fingerprint density at radius 2 is 2.47 bits per heavy atom. The number of nitrogens with one attached hydrogen (secondary N) is 2. The summed E-state index contributed by atoms with van der Waals surface area (Å²) in [7, 11) is 0. The quantitative estimate of drug-likeness (QED) is 0.716. The van der Waals surface area contributed by atoms with Crippen molar-refractivity contribution in [1.82, 2.24) is 10.6 Å². The molecule has 1 fully saturated rings. The van der Waals surface area contributed by atoms with Gasteiger partial charge in [0.2, 0.25) is 0 Å². The molecule has 84 valence electrons. The highest BCUT2D eigenvalue weighted by Gasteiger charge is 2.31. The normalized spacial score (nSPS) is 18.7. The average Bonchev–Trinajstić information content (AvgIpc) is 2.67. The van der Waals surface area contributed by atoms with Crippen LogP contribution in [0.2, 0.25) is 0 Å². The Bertz CT molecular complexity index is 283. The second kappa shape index (κ2) is 5.07. The highest BCUT2D eigenvalue weighted by Crippen LogP contribution is 2.14. The molecule has 0 radical (unpaired) electrons. The SMILES string of the molecule is CC1(OCCNCc2ccsc2)CNC1. The Hall–Kier alpha value is -0.420. The molecular weight excluding hydrogens is 208 g/mol. The fourth-order valence-corrected chi connectivity index (χ4v) is 2.24. The average molecular weight is 226 g/mol. The minimum Gasteiger partial charge on any atom is -0.371 e. The molecule has 3 nitrogen and oxygen atoms in total. The third-order valence-electron chi connectivity index (χ3n) is 2.64. The van der Waals surface area contributed by atoms with Gasteiger partial charge in [0.15, 0.2) is 0 Å². The van der Waals surface area contributed by atoms with Gasteiger partial charge in [0, 0.05) is 26.2 Å². The first-order valence-corrected chi connectivity index (χ1v) is 6.29. The van der Waals surface area contributed by atoms with Crippen LogP contribution in [0.3, 0.4) is 0 Å².